The predicted octanol–water partition coefficient (Wildman–Crippen LogP) is 1.64. The zero-order chi connectivity index (χ0) is 23.4. The molecule has 2 aromatic rings. The number of carbonyl (C=O) groups is 2. The van der Waals surface area contributed by atoms with Crippen LogP contribution in [0.4, 0.5) is 5.13 Å². The molecule has 2 amide bonds. The second-order valence-corrected chi connectivity index (χ2v) is 11.2. The van der Waals surface area contributed by atoms with Crippen LogP contribution in [0, 0.1) is 5.92 Å². The van der Waals surface area contributed by atoms with Crippen molar-refractivity contribution in [1.29, 1.82) is 0 Å². The molecule has 2 aliphatic rings. The highest BCUT2D eigenvalue weighted by molar-refractivity contribution is 7.89. The number of aromatic amines is 1. The number of aromatic nitrogens is 2. The van der Waals surface area contributed by atoms with Crippen molar-refractivity contribution in [2.24, 2.45) is 5.92 Å². The molecule has 0 spiro atoms. The van der Waals surface area contributed by atoms with Gasteiger partial charge in [0, 0.05) is 36.9 Å². The summed E-state index contributed by atoms with van der Waals surface area (Å²) in [5, 5.41) is 5.04. The molecule has 10 nitrogen and oxygen atoms in total. The van der Waals surface area contributed by atoms with E-state index in [0.717, 1.165) is 42.3 Å². The van der Waals surface area contributed by atoms with Crippen LogP contribution in [0.3, 0.4) is 0 Å². The summed E-state index contributed by atoms with van der Waals surface area (Å²) in [4.78, 5) is 45.4. The fourth-order valence-corrected chi connectivity index (χ4v) is 6.37. The van der Waals surface area contributed by atoms with Crippen LogP contribution in [0.1, 0.15) is 38.5 Å². The number of hydrogen-bond acceptors (Lipinski definition) is 7. The van der Waals surface area contributed by atoms with Gasteiger partial charge in [0.15, 0.2) is 5.13 Å². The Hall–Kier alpha value is -2.57. The molecule has 1 atom stereocenters. The lowest BCUT2D eigenvalue weighted by Crippen LogP contribution is -2.58. The highest BCUT2D eigenvalue weighted by atomic mass is 32.2. The van der Waals surface area contributed by atoms with Crippen LogP contribution in [0.25, 0.3) is 0 Å². The number of piperazine rings is 1. The van der Waals surface area contributed by atoms with Crippen molar-refractivity contribution in [1.82, 2.24) is 19.2 Å². The maximum Gasteiger partial charge on any atom is 0.248 e. The molecule has 0 bridgehead atoms. The second-order valence-electron chi connectivity index (χ2n) is 8.40. The average Bonchev–Trinajstić information content (AvgIpc) is 3.31. The lowest BCUT2D eigenvalue weighted by Gasteiger charge is -2.39. The summed E-state index contributed by atoms with van der Waals surface area (Å²) in [6.07, 6.45) is 8.74. The maximum atomic E-state index is 13.2. The molecule has 0 radical (unpaired) electrons. The molecule has 2 fully saturated rings. The number of nitrogens with zero attached hydrogens (tertiary/aromatic N) is 3. The Balaban J connectivity index is 1.50. The summed E-state index contributed by atoms with van der Waals surface area (Å²) in [6.45, 7) is -0.170. The molecule has 1 aliphatic carbocycles. The highest BCUT2D eigenvalue weighted by Crippen LogP contribution is 2.30. The van der Waals surface area contributed by atoms with Crippen molar-refractivity contribution in [2.45, 2.75) is 49.5 Å². The summed E-state index contributed by atoms with van der Waals surface area (Å²) in [5.41, 5.74) is -0.411. The third-order valence-corrected chi connectivity index (χ3v) is 8.77. The zero-order valence-corrected chi connectivity index (χ0v) is 19.7. The van der Waals surface area contributed by atoms with Gasteiger partial charge in [0.2, 0.25) is 27.4 Å². The average molecular weight is 494 g/mol. The Labute approximate surface area is 196 Å². The molecule has 1 aliphatic heterocycles. The van der Waals surface area contributed by atoms with Gasteiger partial charge in [-0.25, -0.2) is 13.4 Å². The predicted molar refractivity (Wildman–Crippen MR) is 123 cm³/mol. The van der Waals surface area contributed by atoms with E-state index in [1.807, 2.05) is 0 Å². The van der Waals surface area contributed by atoms with Crippen LogP contribution < -0.4 is 10.9 Å². The van der Waals surface area contributed by atoms with E-state index in [4.69, 9.17) is 0 Å². The fraction of sp³-hybridized carbons (Fsp3) is 0.524. The van der Waals surface area contributed by atoms with Crippen molar-refractivity contribution in [2.75, 3.05) is 25.0 Å². The molecular weight excluding hydrogens is 466 g/mol. The topological polar surface area (TPSA) is 133 Å². The highest BCUT2D eigenvalue weighted by Gasteiger charge is 2.39. The Bertz CT molecular complexity index is 1120. The van der Waals surface area contributed by atoms with Crippen LogP contribution in [-0.4, -0.2) is 65.1 Å². The lowest BCUT2D eigenvalue weighted by molar-refractivity contribution is -0.142. The molecule has 2 aromatic heterocycles. The number of sulfonamides is 1. The van der Waals surface area contributed by atoms with Crippen molar-refractivity contribution in [3.8, 4) is 0 Å². The maximum absolute atomic E-state index is 13.2. The minimum atomic E-state index is -3.94. The first-order valence-electron chi connectivity index (χ1n) is 11.0. The van der Waals surface area contributed by atoms with Crippen LogP contribution in [0.5, 0.6) is 0 Å². The van der Waals surface area contributed by atoms with E-state index in [2.05, 4.69) is 15.3 Å². The molecule has 4 rings (SSSR count). The van der Waals surface area contributed by atoms with E-state index >= 15 is 0 Å². The van der Waals surface area contributed by atoms with Gasteiger partial charge < -0.3 is 15.2 Å². The molecule has 2 N–H and O–H groups in total. The van der Waals surface area contributed by atoms with Gasteiger partial charge in [0.25, 0.3) is 0 Å². The monoisotopic (exact) mass is 493 g/mol. The number of amides is 2. The number of carbonyl (C=O) groups excluding carboxylic acids is 2. The standard InChI is InChI=1S/C21H27N5O5S2/c27-18-7-6-16(13-23-18)33(30,31)25-9-10-26(19(28)14-25)17(12-15-4-2-1-3-5-15)20(29)24-21-22-8-11-32-21/h6-8,11,13,15,17H,1-5,9-10,12,14H2,(H,23,27)(H,22,24,29)/t17-/m0/s1. The molecular formula is C21H27N5O5S2. The van der Waals surface area contributed by atoms with Gasteiger partial charge in [-0.2, -0.15) is 4.31 Å². The smallest absolute Gasteiger partial charge is 0.248 e. The minimum Gasteiger partial charge on any atom is -0.328 e. The summed E-state index contributed by atoms with van der Waals surface area (Å²) in [7, 11) is -3.94. The molecule has 0 aromatic carbocycles. The van der Waals surface area contributed by atoms with E-state index in [1.54, 1.807) is 11.6 Å². The van der Waals surface area contributed by atoms with E-state index in [-0.39, 0.29) is 30.4 Å². The Morgan fingerprint density at radius 2 is 2.00 bits per heavy atom. The first-order valence-corrected chi connectivity index (χ1v) is 13.4. The quantitative estimate of drug-likeness (QED) is 0.603. The third-order valence-electron chi connectivity index (χ3n) is 6.24. The molecule has 33 heavy (non-hydrogen) atoms. The number of hydrogen-bond donors (Lipinski definition) is 2. The van der Waals surface area contributed by atoms with Gasteiger partial charge in [0.1, 0.15) is 6.04 Å². The normalized spacial score (nSPS) is 19.4. The van der Waals surface area contributed by atoms with Gasteiger partial charge in [0.05, 0.1) is 11.4 Å². The van der Waals surface area contributed by atoms with Gasteiger partial charge in [-0.15, -0.1) is 11.3 Å². The molecule has 1 saturated heterocycles. The fourth-order valence-electron chi connectivity index (χ4n) is 4.49. The Morgan fingerprint density at radius 3 is 2.64 bits per heavy atom. The number of anilines is 1. The minimum absolute atomic E-state index is 0.0684. The molecule has 178 valence electrons. The van der Waals surface area contributed by atoms with Crippen molar-refractivity contribution < 1.29 is 18.0 Å². The molecule has 1 saturated carbocycles. The second kappa shape index (κ2) is 10.1. The zero-order valence-electron chi connectivity index (χ0n) is 18.1. The van der Waals surface area contributed by atoms with E-state index in [9.17, 15) is 22.8 Å². The summed E-state index contributed by atoms with van der Waals surface area (Å²) in [6, 6.07) is 1.68. The van der Waals surface area contributed by atoms with Gasteiger partial charge in [-0.05, 0) is 18.4 Å². The number of rotatable bonds is 7. The van der Waals surface area contributed by atoms with Gasteiger partial charge >= 0.3 is 0 Å². The number of thiazole rings is 1. The van der Waals surface area contributed by atoms with Crippen molar-refractivity contribution in [3.05, 3.63) is 40.3 Å². The summed E-state index contributed by atoms with van der Waals surface area (Å²) >= 11 is 1.31. The largest absolute Gasteiger partial charge is 0.328 e. The number of H-pyrrole nitrogens is 1. The first kappa shape index (κ1) is 23.6. The molecule has 0 unspecified atom stereocenters. The third kappa shape index (κ3) is 5.50. The van der Waals surface area contributed by atoms with Crippen LogP contribution in [0.15, 0.2) is 39.6 Å². The first-order chi connectivity index (χ1) is 15.8. The number of nitrogens with one attached hydrogen (secondary N) is 2. The Morgan fingerprint density at radius 1 is 1.21 bits per heavy atom. The number of pyridine rings is 1. The lowest BCUT2D eigenvalue weighted by atomic mass is 9.84. The van der Waals surface area contributed by atoms with E-state index in [0.29, 0.717) is 17.5 Å². The van der Waals surface area contributed by atoms with Crippen LogP contribution >= 0.6 is 11.3 Å². The molecule has 12 heteroatoms. The van der Waals surface area contributed by atoms with Gasteiger partial charge in [-0.1, -0.05) is 32.1 Å². The SMILES string of the molecule is O=C(Nc1nccs1)[C@H](CC1CCCCC1)N1CCN(S(=O)(=O)c2ccc(=O)[nH]c2)CC1=O. The van der Waals surface area contributed by atoms with E-state index in [1.165, 1.54) is 28.7 Å². The van der Waals surface area contributed by atoms with E-state index < -0.39 is 27.5 Å². The summed E-state index contributed by atoms with van der Waals surface area (Å²) < 4.78 is 27.0. The Kier molecular flexibility index (Phi) is 7.25. The van der Waals surface area contributed by atoms with Crippen LogP contribution in [0.2, 0.25) is 0 Å². The van der Waals surface area contributed by atoms with Crippen LogP contribution in [-0.2, 0) is 19.6 Å². The summed E-state index contributed by atoms with van der Waals surface area (Å²) in [5.74, 6) is -0.355. The molecule has 3 heterocycles. The van der Waals surface area contributed by atoms with Gasteiger partial charge in [-0.3, -0.25) is 14.4 Å². The van der Waals surface area contributed by atoms with Crippen molar-refractivity contribution >= 4 is 38.3 Å². The van der Waals surface area contributed by atoms with Crippen molar-refractivity contribution in [3.63, 3.8) is 0 Å².